The lowest BCUT2D eigenvalue weighted by molar-refractivity contribution is 0.0257. The number of hydrogen-bond acceptors (Lipinski definition) is 5. The third-order valence-corrected chi connectivity index (χ3v) is 6.17. The molecule has 22 heavy (non-hydrogen) atoms. The zero-order valence-electron chi connectivity index (χ0n) is 12.7. The van der Waals surface area contributed by atoms with Gasteiger partial charge in [0.15, 0.2) is 9.84 Å². The summed E-state index contributed by atoms with van der Waals surface area (Å²) < 4.78 is 25.1. The summed E-state index contributed by atoms with van der Waals surface area (Å²) in [5, 5.41) is 20.4. The van der Waals surface area contributed by atoms with Gasteiger partial charge in [0.25, 0.3) is 0 Å². The fourth-order valence-corrected chi connectivity index (χ4v) is 4.80. The molecular weight excluding hydrogens is 302 g/mol. The highest BCUT2D eigenvalue weighted by Crippen LogP contribution is 2.31. The Morgan fingerprint density at radius 3 is 2.55 bits per heavy atom. The number of nitrogens with two attached hydrogens (primary N) is 1. The van der Waals surface area contributed by atoms with Crippen LogP contribution in [0.25, 0.3) is 0 Å². The van der Waals surface area contributed by atoms with Crippen LogP contribution in [-0.4, -0.2) is 36.5 Å². The molecule has 5 nitrogen and oxygen atoms in total. The number of sulfone groups is 1. The Balaban J connectivity index is 2.20. The summed E-state index contributed by atoms with van der Waals surface area (Å²) in [4.78, 5) is 0.153. The van der Waals surface area contributed by atoms with Gasteiger partial charge in [0.2, 0.25) is 0 Å². The maximum Gasteiger partial charge on any atom is 0.181 e. The minimum absolute atomic E-state index is 0.153. The van der Waals surface area contributed by atoms with Crippen molar-refractivity contribution in [2.24, 2.45) is 5.73 Å². The number of hydrogen-bond donors (Lipinski definition) is 3. The predicted octanol–water partition coefficient (Wildman–Crippen LogP) is 1.54. The Morgan fingerprint density at radius 1 is 1.23 bits per heavy atom. The average molecular weight is 327 g/mol. The van der Waals surface area contributed by atoms with E-state index in [1.807, 2.05) is 0 Å². The van der Waals surface area contributed by atoms with Crippen LogP contribution in [0.4, 0.5) is 0 Å². The molecule has 0 saturated heterocycles. The minimum atomic E-state index is -3.58. The van der Waals surface area contributed by atoms with Crippen LogP contribution in [0.15, 0.2) is 29.2 Å². The summed E-state index contributed by atoms with van der Waals surface area (Å²) in [6, 6.07) is 6.31. The fraction of sp³-hybridized carbons (Fsp3) is 0.625. The number of benzene rings is 1. The topological polar surface area (TPSA) is 101 Å². The molecule has 1 aliphatic carbocycles. The standard InChI is InChI=1S/C16H25NO4S/c17-10-7-15(18)13-5-4-6-14(11-13)22(20,21)12-16(19)8-2-1-3-9-16/h4-6,11,15,18-19H,1-3,7-10,12,17H2. The van der Waals surface area contributed by atoms with E-state index < -0.39 is 21.5 Å². The maximum absolute atomic E-state index is 12.6. The van der Waals surface area contributed by atoms with Crippen LogP contribution >= 0.6 is 0 Å². The lowest BCUT2D eigenvalue weighted by Gasteiger charge is -2.31. The van der Waals surface area contributed by atoms with Crippen molar-refractivity contribution in [3.63, 3.8) is 0 Å². The van der Waals surface area contributed by atoms with Crippen molar-refractivity contribution in [2.75, 3.05) is 12.3 Å². The Kier molecular flexibility index (Phi) is 5.60. The van der Waals surface area contributed by atoms with Crippen LogP contribution in [-0.2, 0) is 9.84 Å². The van der Waals surface area contributed by atoms with Crippen molar-refractivity contribution in [3.05, 3.63) is 29.8 Å². The number of rotatable bonds is 6. The van der Waals surface area contributed by atoms with Crippen molar-refractivity contribution in [2.45, 2.75) is 55.1 Å². The number of aliphatic hydroxyl groups excluding tert-OH is 1. The highest BCUT2D eigenvalue weighted by atomic mass is 32.2. The van der Waals surface area contributed by atoms with E-state index in [-0.39, 0.29) is 10.6 Å². The van der Waals surface area contributed by atoms with Gasteiger partial charge in [-0.1, -0.05) is 31.4 Å². The first-order chi connectivity index (χ1) is 10.4. The van der Waals surface area contributed by atoms with E-state index in [1.54, 1.807) is 12.1 Å². The molecule has 1 atom stereocenters. The van der Waals surface area contributed by atoms with Crippen LogP contribution < -0.4 is 5.73 Å². The van der Waals surface area contributed by atoms with E-state index in [9.17, 15) is 18.6 Å². The van der Waals surface area contributed by atoms with Gasteiger partial charge in [-0.2, -0.15) is 0 Å². The van der Waals surface area contributed by atoms with Crippen molar-refractivity contribution in [3.8, 4) is 0 Å². The molecule has 6 heteroatoms. The zero-order chi connectivity index (χ0) is 16.2. The Hall–Kier alpha value is -0.950. The molecule has 1 aliphatic rings. The van der Waals surface area contributed by atoms with Crippen LogP contribution in [0.1, 0.15) is 50.2 Å². The van der Waals surface area contributed by atoms with Gasteiger partial charge in [0, 0.05) is 0 Å². The van der Waals surface area contributed by atoms with E-state index in [1.165, 1.54) is 12.1 Å². The van der Waals surface area contributed by atoms with Crippen molar-refractivity contribution < 1.29 is 18.6 Å². The van der Waals surface area contributed by atoms with Gasteiger partial charge < -0.3 is 15.9 Å². The summed E-state index contributed by atoms with van der Waals surface area (Å²) in [6.45, 7) is 0.331. The second-order valence-electron chi connectivity index (χ2n) is 6.21. The van der Waals surface area contributed by atoms with E-state index in [2.05, 4.69) is 0 Å². The van der Waals surface area contributed by atoms with Gasteiger partial charge >= 0.3 is 0 Å². The largest absolute Gasteiger partial charge is 0.389 e. The molecule has 1 unspecified atom stereocenters. The van der Waals surface area contributed by atoms with E-state index in [0.717, 1.165) is 19.3 Å². The molecular formula is C16H25NO4S. The molecule has 2 rings (SSSR count). The Bertz CT molecular complexity index is 594. The third kappa shape index (κ3) is 4.29. The molecule has 124 valence electrons. The first-order valence-corrected chi connectivity index (χ1v) is 9.45. The van der Waals surface area contributed by atoms with Gasteiger partial charge in [0.05, 0.1) is 22.4 Å². The van der Waals surface area contributed by atoms with Crippen LogP contribution in [0.3, 0.4) is 0 Å². The third-order valence-electron chi connectivity index (χ3n) is 4.29. The van der Waals surface area contributed by atoms with Gasteiger partial charge in [0.1, 0.15) is 0 Å². The lowest BCUT2D eigenvalue weighted by atomic mass is 9.86. The lowest BCUT2D eigenvalue weighted by Crippen LogP contribution is -2.39. The monoisotopic (exact) mass is 327 g/mol. The molecule has 0 spiro atoms. The van der Waals surface area contributed by atoms with Crippen molar-refractivity contribution in [1.29, 1.82) is 0 Å². The molecule has 0 radical (unpaired) electrons. The summed E-state index contributed by atoms with van der Waals surface area (Å²) in [5.41, 5.74) is 4.84. The first kappa shape index (κ1) is 17.4. The highest BCUT2D eigenvalue weighted by Gasteiger charge is 2.35. The minimum Gasteiger partial charge on any atom is -0.389 e. The smallest absolute Gasteiger partial charge is 0.181 e. The van der Waals surface area contributed by atoms with E-state index in [4.69, 9.17) is 5.73 Å². The molecule has 1 aromatic carbocycles. The second-order valence-corrected chi connectivity index (χ2v) is 8.20. The molecule has 0 amide bonds. The Labute approximate surface area is 132 Å². The molecule has 0 bridgehead atoms. The van der Waals surface area contributed by atoms with Crippen LogP contribution in [0.5, 0.6) is 0 Å². The van der Waals surface area contributed by atoms with Crippen LogP contribution in [0, 0.1) is 0 Å². The predicted molar refractivity (Wildman–Crippen MR) is 85.2 cm³/mol. The average Bonchev–Trinajstić information content (AvgIpc) is 2.47. The summed E-state index contributed by atoms with van der Waals surface area (Å²) in [7, 11) is -3.58. The molecule has 0 aromatic heterocycles. The number of aliphatic hydroxyl groups is 2. The van der Waals surface area contributed by atoms with Crippen LogP contribution in [0.2, 0.25) is 0 Å². The summed E-state index contributed by atoms with van der Waals surface area (Å²) >= 11 is 0. The van der Waals surface area contributed by atoms with Crippen molar-refractivity contribution in [1.82, 2.24) is 0 Å². The Morgan fingerprint density at radius 2 is 1.91 bits per heavy atom. The molecule has 4 N–H and O–H groups in total. The van der Waals surface area contributed by atoms with E-state index in [0.29, 0.717) is 31.4 Å². The van der Waals surface area contributed by atoms with Gasteiger partial charge in [-0.25, -0.2) is 8.42 Å². The first-order valence-electron chi connectivity index (χ1n) is 7.80. The second kappa shape index (κ2) is 7.08. The highest BCUT2D eigenvalue weighted by molar-refractivity contribution is 7.91. The maximum atomic E-state index is 12.6. The van der Waals surface area contributed by atoms with Gasteiger partial charge in [-0.3, -0.25) is 0 Å². The normalized spacial score (nSPS) is 19.8. The summed E-state index contributed by atoms with van der Waals surface area (Å²) in [5.74, 6) is -0.254. The summed E-state index contributed by atoms with van der Waals surface area (Å²) in [6.07, 6.45) is 3.45. The molecule has 1 aromatic rings. The molecule has 1 fully saturated rings. The fourth-order valence-electron chi connectivity index (χ4n) is 3.03. The van der Waals surface area contributed by atoms with Crippen molar-refractivity contribution >= 4 is 9.84 Å². The van der Waals surface area contributed by atoms with Gasteiger partial charge in [-0.15, -0.1) is 0 Å². The van der Waals surface area contributed by atoms with Gasteiger partial charge in [-0.05, 0) is 43.5 Å². The SMILES string of the molecule is NCCC(O)c1cccc(S(=O)(=O)CC2(O)CCCCC2)c1. The molecule has 0 heterocycles. The molecule has 0 aliphatic heterocycles. The molecule has 1 saturated carbocycles. The zero-order valence-corrected chi connectivity index (χ0v) is 13.6. The van der Waals surface area contributed by atoms with E-state index >= 15 is 0 Å². The quantitative estimate of drug-likeness (QED) is 0.736.